The Kier molecular flexibility index (Phi) is 2.16. The van der Waals surface area contributed by atoms with Gasteiger partial charge in [0.25, 0.3) is 0 Å². The summed E-state index contributed by atoms with van der Waals surface area (Å²) in [6.45, 7) is 1.83. The Morgan fingerprint density at radius 3 is 2.89 bits per heavy atom. The number of hydrogen-bond acceptors (Lipinski definition) is 4. The lowest BCUT2D eigenvalue weighted by Gasteiger charge is -1.98. The smallest absolute Gasteiger partial charge is 0.337 e. The van der Waals surface area contributed by atoms with Crippen molar-refractivity contribution < 1.29 is 14.3 Å². The molecule has 6 heteroatoms. The minimum Gasteiger partial charge on any atom is -0.478 e. The minimum absolute atomic E-state index is 0.184. The second kappa shape index (κ2) is 3.69. The maximum atomic E-state index is 10.9. The molecule has 3 aromatic rings. The first-order chi connectivity index (χ1) is 8.65. The first-order valence-electron chi connectivity index (χ1n) is 5.29. The van der Waals surface area contributed by atoms with Crippen LogP contribution in [0.2, 0.25) is 0 Å². The molecule has 0 atom stereocenters. The summed E-state index contributed by atoms with van der Waals surface area (Å²) in [6, 6.07) is 4.94. The first-order valence-corrected chi connectivity index (χ1v) is 5.29. The second-order valence-corrected chi connectivity index (χ2v) is 3.92. The highest BCUT2D eigenvalue weighted by Crippen LogP contribution is 2.21. The summed E-state index contributed by atoms with van der Waals surface area (Å²) in [5.41, 5.74) is 1.54. The van der Waals surface area contributed by atoms with Crippen LogP contribution in [0.1, 0.15) is 16.1 Å². The molecular weight excluding hydrogens is 234 g/mol. The van der Waals surface area contributed by atoms with Crippen LogP contribution in [0.4, 0.5) is 0 Å². The number of rotatable bonds is 2. The number of aryl methyl sites for hydroxylation is 1. The number of aromatic carboxylic acids is 1. The van der Waals surface area contributed by atoms with Crippen molar-refractivity contribution in [2.24, 2.45) is 0 Å². The van der Waals surface area contributed by atoms with Gasteiger partial charge in [0.05, 0.1) is 11.1 Å². The molecule has 18 heavy (non-hydrogen) atoms. The van der Waals surface area contributed by atoms with Crippen molar-refractivity contribution in [3.63, 3.8) is 0 Å². The number of hydrogen-bond donors (Lipinski definition) is 1. The molecule has 0 aliphatic heterocycles. The molecule has 90 valence electrons. The molecule has 3 rings (SSSR count). The van der Waals surface area contributed by atoms with Crippen LogP contribution in [0.3, 0.4) is 0 Å². The molecule has 6 nitrogen and oxygen atoms in total. The zero-order valence-electron chi connectivity index (χ0n) is 9.49. The minimum atomic E-state index is -0.986. The molecule has 0 aliphatic carbocycles. The summed E-state index contributed by atoms with van der Waals surface area (Å²) in [4.78, 5) is 10.9. The number of carbonyl (C=O) groups is 1. The van der Waals surface area contributed by atoms with Gasteiger partial charge in [0.1, 0.15) is 12.0 Å². The summed E-state index contributed by atoms with van der Waals surface area (Å²) in [5, 5.41) is 17.0. The summed E-state index contributed by atoms with van der Waals surface area (Å²) in [7, 11) is 0. The highest BCUT2D eigenvalue weighted by atomic mass is 16.4. The van der Waals surface area contributed by atoms with Crippen LogP contribution in [0.25, 0.3) is 17.0 Å². The predicted octanol–water partition coefficient (Wildman–Crippen LogP) is 2.00. The lowest BCUT2D eigenvalue weighted by molar-refractivity contribution is 0.0696. The summed E-state index contributed by atoms with van der Waals surface area (Å²) in [5.74, 6) is 0.334. The molecular formula is C12H9N3O3. The third-order valence-corrected chi connectivity index (χ3v) is 2.64. The van der Waals surface area contributed by atoms with E-state index in [4.69, 9.17) is 9.52 Å². The summed E-state index contributed by atoms with van der Waals surface area (Å²) >= 11 is 0. The van der Waals surface area contributed by atoms with Gasteiger partial charge in [0.2, 0.25) is 0 Å². The van der Waals surface area contributed by atoms with Gasteiger partial charge in [-0.3, -0.25) is 4.40 Å². The van der Waals surface area contributed by atoms with Crippen LogP contribution < -0.4 is 0 Å². The van der Waals surface area contributed by atoms with Gasteiger partial charge in [-0.1, -0.05) is 0 Å². The Morgan fingerprint density at radius 2 is 2.22 bits per heavy atom. The van der Waals surface area contributed by atoms with E-state index in [1.54, 1.807) is 16.7 Å². The van der Waals surface area contributed by atoms with Gasteiger partial charge in [-0.05, 0) is 25.1 Å². The molecule has 0 spiro atoms. The first kappa shape index (κ1) is 10.5. The SMILES string of the molecule is Cc1cc(-c2nnc3ccc(C(=O)O)cn23)co1. The molecule has 0 amide bonds. The monoisotopic (exact) mass is 243 g/mol. The molecule has 0 bridgehead atoms. The number of carboxylic acids is 1. The molecule has 0 saturated heterocycles. The van der Waals surface area contributed by atoms with Gasteiger partial charge in [0, 0.05) is 6.20 Å². The fraction of sp³-hybridized carbons (Fsp3) is 0.0833. The van der Waals surface area contributed by atoms with Gasteiger partial charge >= 0.3 is 5.97 Å². The van der Waals surface area contributed by atoms with Gasteiger partial charge < -0.3 is 9.52 Å². The predicted molar refractivity (Wildman–Crippen MR) is 62.4 cm³/mol. The molecule has 0 radical (unpaired) electrons. The van der Waals surface area contributed by atoms with Crippen LogP contribution in [0.15, 0.2) is 35.1 Å². The zero-order valence-corrected chi connectivity index (χ0v) is 9.49. The number of carboxylic acid groups (broad SMARTS) is 1. The summed E-state index contributed by atoms with van der Waals surface area (Å²) in [6.07, 6.45) is 3.06. The quantitative estimate of drug-likeness (QED) is 0.744. The highest BCUT2D eigenvalue weighted by Gasteiger charge is 2.12. The largest absolute Gasteiger partial charge is 0.478 e. The fourth-order valence-electron chi connectivity index (χ4n) is 1.77. The lowest BCUT2D eigenvalue weighted by Crippen LogP contribution is -1.99. The van der Waals surface area contributed by atoms with E-state index in [9.17, 15) is 4.79 Å². The average molecular weight is 243 g/mol. The maximum absolute atomic E-state index is 10.9. The number of pyridine rings is 1. The van der Waals surface area contributed by atoms with Crippen LogP contribution in [0.5, 0.6) is 0 Å². The van der Waals surface area contributed by atoms with Crippen LogP contribution >= 0.6 is 0 Å². The maximum Gasteiger partial charge on any atom is 0.337 e. The van der Waals surface area contributed by atoms with Gasteiger partial charge in [0.15, 0.2) is 11.5 Å². The van der Waals surface area contributed by atoms with E-state index in [0.717, 1.165) is 11.3 Å². The van der Waals surface area contributed by atoms with E-state index in [2.05, 4.69) is 10.2 Å². The Balaban J connectivity index is 2.23. The molecule has 0 aromatic carbocycles. The van der Waals surface area contributed by atoms with Crippen LogP contribution in [-0.4, -0.2) is 25.7 Å². The Hall–Kier alpha value is -2.63. The van der Waals surface area contributed by atoms with Gasteiger partial charge in [-0.15, -0.1) is 10.2 Å². The van der Waals surface area contributed by atoms with Gasteiger partial charge in [-0.25, -0.2) is 4.79 Å². The number of fused-ring (bicyclic) bond motifs is 1. The number of nitrogens with zero attached hydrogens (tertiary/aromatic N) is 3. The van der Waals surface area contributed by atoms with Crippen molar-refractivity contribution in [3.8, 4) is 11.4 Å². The molecule has 3 heterocycles. The Bertz CT molecular complexity index is 742. The van der Waals surface area contributed by atoms with Crippen molar-refractivity contribution in [3.05, 3.63) is 42.0 Å². The van der Waals surface area contributed by atoms with Crippen molar-refractivity contribution >= 4 is 11.6 Å². The normalized spacial score (nSPS) is 10.9. The van der Waals surface area contributed by atoms with Crippen molar-refractivity contribution in [2.45, 2.75) is 6.92 Å². The Labute approximate surface area is 101 Å². The van der Waals surface area contributed by atoms with E-state index in [1.807, 2.05) is 13.0 Å². The standard InChI is InChI=1S/C12H9N3O3/c1-7-4-9(6-18-7)11-14-13-10-3-2-8(12(16)17)5-15(10)11/h2-6H,1H3,(H,16,17). The van der Waals surface area contributed by atoms with Gasteiger partial charge in [-0.2, -0.15) is 0 Å². The molecule has 0 saturated carbocycles. The zero-order chi connectivity index (χ0) is 12.7. The highest BCUT2D eigenvalue weighted by molar-refractivity contribution is 5.87. The van der Waals surface area contributed by atoms with Crippen molar-refractivity contribution in [2.75, 3.05) is 0 Å². The summed E-state index contributed by atoms with van der Waals surface area (Å²) < 4.78 is 6.85. The van der Waals surface area contributed by atoms with E-state index in [0.29, 0.717) is 11.5 Å². The van der Waals surface area contributed by atoms with E-state index >= 15 is 0 Å². The second-order valence-electron chi connectivity index (χ2n) is 3.92. The van der Waals surface area contributed by atoms with Crippen LogP contribution in [-0.2, 0) is 0 Å². The molecule has 0 unspecified atom stereocenters. The van der Waals surface area contributed by atoms with Crippen LogP contribution in [0, 0.1) is 6.92 Å². The third kappa shape index (κ3) is 1.55. The number of aromatic nitrogens is 3. The average Bonchev–Trinajstić information content (AvgIpc) is 2.93. The molecule has 0 aliphatic rings. The van der Waals surface area contributed by atoms with E-state index < -0.39 is 5.97 Å². The molecule has 1 N–H and O–H groups in total. The van der Waals surface area contributed by atoms with Crippen molar-refractivity contribution in [1.29, 1.82) is 0 Å². The van der Waals surface area contributed by atoms with Crippen molar-refractivity contribution in [1.82, 2.24) is 14.6 Å². The fourth-order valence-corrected chi connectivity index (χ4v) is 1.77. The molecule has 0 fully saturated rings. The van der Waals surface area contributed by atoms with E-state index in [1.165, 1.54) is 12.3 Å². The topological polar surface area (TPSA) is 80.6 Å². The number of furan rings is 1. The van der Waals surface area contributed by atoms with E-state index in [-0.39, 0.29) is 5.56 Å². The third-order valence-electron chi connectivity index (χ3n) is 2.64. The lowest BCUT2D eigenvalue weighted by atomic mass is 10.2. The Morgan fingerprint density at radius 1 is 1.39 bits per heavy atom. The molecule has 3 aromatic heterocycles.